The number of halogens is 1. The molecule has 94 valence electrons. The molecule has 2 aromatic rings. The third-order valence-corrected chi connectivity index (χ3v) is 3.29. The number of benzene rings is 2. The summed E-state index contributed by atoms with van der Waals surface area (Å²) in [5.41, 5.74) is -0.0479. The fourth-order valence-corrected chi connectivity index (χ4v) is 2.46. The minimum Gasteiger partial charge on any atom is -0.507 e. The molecule has 0 bridgehead atoms. The first-order valence-corrected chi connectivity index (χ1v) is 5.82. The van der Waals surface area contributed by atoms with Crippen LogP contribution in [0.15, 0.2) is 30.3 Å². The third kappa shape index (κ3) is 1.54. The summed E-state index contributed by atoms with van der Waals surface area (Å²) in [6.45, 7) is 0. The highest BCUT2D eigenvalue weighted by Gasteiger charge is 2.34. The van der Waals surface area contributed by atoms with Crippen LogP contribution in [-0.4, -0.2) is 21.8 Å². The standard InChI is InChI=1S/C14H7ClO4/c15-6-4-8-12(10(17)5-6)13(18)7-2-1-3-9(16)11(7)14(8)19/h1-5,16-17H. The molecule has 2 aromatic carbocycles. The van der Waals surface area contributed by atoms with Crippen molar-refractivity contribution < 1.29 is 19.8 Å². The van der Waals surface area contributed by atoms with E-state index < -0.39 is 11.6 Å². The number of hydrogen-bond donors (Lipinski definition) is 2. The van der Waals surface area contributed by atoms with Gasteiger partial charge in [0.1, 0.15) is 11.5 Å². The number of ketones is 2. The van der Waals surface area contributed by atoms with Crippen LogP contribution in [-0.2, 0) is 0 Å². The van der Waals surface area contributed by atoms with Crippen molar-refractivity contribution in [2.75, 3.05) is 0 Å². The van der Waals surface area contributed by atoms with Crippen LogP contribution < -0.4 is 0 Å². The van der Waals surface area contributed by atoms with E-state index in [9.17, 15) is 19.8 Å². The normalized spacial score (nSPS) is 13.1. The predicted octanol–water partition coefficient (Wildman–Crippen LogP) is 2.53. The lowest BCUT2D eigenvalue weighted by Gasteiger charge is -2.19. The van der Waals surface area contributed by atoms with E-state index in [1.54, 1.807) is 0 Å². The first-order valence-electron chi connectivity index (χ1n) is 5.44. The topological polar surface area (TPSA) is 74.6 Å². The first-order chi connectivity index (χ1) is 9.00. The summed E-state index contributed by atoms with van der Waals surface area (Å²) >= 11 is 5.78. The Bertz CT molecular complexity index is 749. The SMILES string of the molecule is O=C1c2cc(Cl)cc(O)c2C(=O)c2cccc(O)c21. The van der Waals surface area contributed by atoms with Gasteiger partial charge in [-0.05, 0) is 18.2 Å². The summed E-state index contributed by atoms with van der Waals surface area (Å²) in [6.07, 6.45) is 0. The van der Waals surface area contributed by atoms with Gasteiger partial charge in [-0.25, -0.2) is 0 Å². The summed E-state index contributed by atoms with van der Waals surface area (Å²) in [5, 5.41) is 19.7. The van der Waals surface area contributed by atoms with Crippen molar-refractivity contribution in [3.63, 3.8) is 0 Å². The second-order valence-corrected chi connectivity index (χ2v) is 4.64. The van der Waals surface area contributed by atoms with Gasteiger partial charge in [0.25, 0.3) is 0 Å². The van der Waals surface area contributed by atoms with Gasteiger partial charge in [0.05, 0.1) is 11.1 Å². The van der Waals surface area contributed by atoms with E-state index in [0.717, 1.165) is 0 Å². The van der Waals surface area contributed by atoms with Gasteiger partial charge in [-0.2, -0.15) is 0 Å². The molecule has 0 radical (unpaired) electrons. The van der Waals surface area contributed by atoms with Gasteiger partial charge in [-0.15, -0.1) is 0 Å². The molecule has 0 amide bonds. The van der Waals surface area contributed by atoms with E-state index >= 15 is 0 Å². The second kappa shape index (κ2) is 3.83. The number of fused-ring (bicyclic) bond motifs is 2. The molecular weight excluding hydrogens is 268 g/mol. The molecule has 3 rings (SSSR count). The molecule has 0 heterocycles. The molecule has 0 atom stereocenters. The highest BCUT2D eigenvalue weighted by Crippen LogP contribution is 2.37. The average molecular weight is 275 g/mol. The summed E-state index contributed by atoms with van der Waals surface area (Å²) in [7, 11) is 0. The zero-order valence-electron chi connectivity index (χ0n) is 9.48. The van der Waals surface area contributed by atoms with Crippen molar-refractivity contribution >= 4 is 23.2 Å². The lowest BCUT2D eigenvalue weighted by Crippen LogP contribution is -2.21. The molecule has 4 nitrogen and oxygen atoms in total. The Morgan fingerprint density at radius 1 is 0.842 bits per heavy atom. The van der Waals surface area contributed by atoms with Crippen molar-refractivity contribution in [2.45, 2.75) is 0 Å². The minimum absolute atomic E-state index is 0.00370. The number of phenols is 2. The van der Waals surface area contributed by atoms with Crippen LogP contribution >= 0.6 is 11.6 Å². The molecule has 0 aliphatic heterocycles. The van der Waals surface area contributed by atoms with Crippen molar-refractivity contribution in [3.8, 4) is 11.5 Å². The maximum atomic E-state index is 12.3. The lowest BCUT2D eigenvalue weighted by molar-refractivity contribution is 0.0974. The maximum Gasteiger partial charge on any atom is 0.198 e. The lowest BCUT2D eigenvalue weighted by atomic mass is 9.83. The first kappa shape index (κ1) is 11.7. The molecular formula is C14H7ClO4. The van der Waals surface area contributed by atoms with Crippen LogP contribution in [0, 0.1) is 0 Å². The van der Waals surface area contributed by atoms with E-state index in [1.165, 1.54) is 30.3 Å². The largest absolute Gasteiger partial charge is 0.507 e. The van der Waals surface area contributed by atoms with Crippen molar-refractivity contribution in [3.05, 3.63) is 57.6 Å². The second-order valence-electron chi connectivity index (χ2n) is 4.21. The van der Waals surface area contributed by atoms with E-state index in [-0.39, 0.29) is 38.8 Å². The molecule has 1 aliphatic rings. The van der Waals surface area contributed by atoms with Gasteiger partial charge in [-0.3, -0.25) is 9.59 Å². The number of aromatic hydroxyl groups is 2. The molecule has 0 spiro atoms. The highest BCUT2D eigenvalue weighted by molar-refractivity contribution is 6.34. The molecule has 5 heteroatoms. The zero-order chi connectivity index (χ0) is 13.7. The molecule has 0 saturated heterocycles. The van der Waals surface area contributed by atoms with E-state index in [4.69, 9.17) is 11.6 Å². The molecule has 19 heavy (non-hydrogen) atoms. The van der Waals surface area contributed by atoms with E-state index in [0.29, 0.717) is 0 Å². The van der Waals surface area contributed by atoms with E-state index in [2.05, 4.69) is 0 Å². The summed E-state index contributed by atoms with van der Waals surface area (Å²) in [6, 6.07) is 6.76. The van der Waals surface area contributed by atoms with E-state index in [1.807, 2.05) is 0 Å². The molecule has 0 saturated carbocycles. The summed E-state index contributed by atoms with van der Waals surface area (Å²) in [4.78, 5) is 24.6. The number of carbonyl (C=O) groups is 2. The minimum atomic E-state index is -0.527. The molecule has 0 fully saturated rings. The van der Waals surface area contributed by atoms with Gasteiger partial charge in [-0.1, -0.05) is 23.7 Å². The number of hydrogen-bond acceptors (Lipinski definition) is 4. The Morgan fingerprint density at radius 2 is 1.47 bits per heavy atom. The molecule has 0 unspecified atom stereocenters. The maximum absolute atomic E-state index is 12.3. The van der Waals surface area contributed by atoms with Gasteiger partial charge < -0.3 is 10.2 Å². The van der Waals surface area contributed by atoms with Crippen molar-refractivity contribution in [1.82, 2.24) is 0 Å². The Hall–Kier alpha value is -2.33. The number of carbonyl (C=O) groups excluding carboxylic acids is 2. The van der Waals surface area contributed by atoms with Crippen molar-refractivity contribution in [2.24, 2.45) is 0 Å². The Balaban J connectivity index is 2.40. The van der Waals surface area contributed by atoms with Crippen LogP contribution in [0.4, 0.5) is 0 Å². The molecule has 0 aromatic heterocycles. The molecule has 2 N–H and O–H groups in total. The fraction of sp³-hybridized carbons (Fsp3) is 0. The number of phenolic OH excluding ortho intramolecular Hbond substituents is 2. The van der Waals surface area contributed by atoms with Crippen LogP contribution in [0.3, 0.4) is 0 Å². The van der Waals surface area contributed by atoms with Crippen LogP contribution in [0.5, 0.6) is 11.5 Å². The fourth-order valence-electron chi connectivity index (χ4n) is 2.25. The smallest absolute Gasteiger partial charge is 0.198 e. The quantitative estimate of drug-likeness (QED) is 0.660. The van der Waals surface area contributed by atoms with Gasteiger partial charge >= 0.3 is 0 Å². The van der Waals surface area contributed by atoms with Crippen LogP contribution in [0.2, 0.25) is 5.02 Å². The Morgan fingerprint density at radius 3 is 2.21 bits per heavy atom. The van der Waals surface area contributed by atoms with Crippen LogP contribution in [0.1, 0.15) is 31.8 Å². The third-order valence-electron chi connectivity index (χ3n) is 3.07. The number of rotatable bonds is 0. The van der Waals surface area contributed by atoms with Crippen molar-refractivity contribution in [1.29, 1.82) is 0 Å². The van der Waals surface area contributed by atoms with Gasteiger partial charge in [0.15, 0.2) is 11.6 Å². The monoisotopic (exact) mass is 274 g/mol. The highest BCUT2D eigenvalue weighted by atomic mass is 35.5. The molecule has 1 aliphatic carbocycles. The predicted molar refractivity (Wildman–Crippen MR) is 68.1 cm³/mol. The summed E-state index contributed by atoms with van der Waals surface area (Å²) in [5.74, 6) is -1.63. The zero-order valence-corrected chi connectivity index (χ0v) is 10.2. The summed E-state index contributed by atoms with van der Waals surface area (Å²) < 4.78 is 0. The Labute approximate surface area is 112 Å². The van der Waals surface area contributed by atoms with Crippen LogP contribution in [0.25, 0.3) is 0 Å². The average Bonchev–Trinajstić information content (AvgIpc) is 2.35. The van der Waals surface area contributed by atoms with Gasteiger partial charge in [0, 0.05) is 16.1 Å². The van der Waals surface area contributed by atoms with Gasteiger partial charge in [0.2, 0.25) is 0 Å². The Kier molecular flexibility index (Phi) is 2.37.